The summed E-state index contributed by atoms with van der Waals surface area (Å²) in [7, 11) is 0. The number of hydrogen-bond acceptors (Lipinski definition) is 1. The smallest absolute Gasteiger partial charge is 0.0665 e. The number of rotatable bonds is 0. The Morgan fingerprint density at radius 1 is 0.500 bits per heavy atom. The van der Waals surface area contributed by atoms with Gasteiger partial charge in [-0.2, -0.15) is 0 Å². The summed E-state index contributed by atoms with van der Waals surface area (Å²) in [5.41, 5.74) is 0. The third-order valence-corrected chi connectivity index (χ3v) is 10.2. The Morgan fingerprint density at radius 2 is 0.778 bits per heavy atom. The van der Waals surface area contributed by atoms with E-state index in [1.54, 1.807) is 0 Å². The topological polar surface area (TPSA) is 20.2 Å². The first-order chi connectivity index (χ1) is 8.41. The number of alkyl halides is 5. The maximum absolute atomic E-state index is 10.1. The Hall–Kier alpha value is 2.36. The summed E-state index contributed by atoms with van der Waals surface area (Å²) >= 11 is 18.6. The molecule has 108 valence electrons. The van der Waals surface area contributed by atoms with Crippen molar-refractivity contribution in [2.24, 2.45) is 0 Å². The normalized spacial score (nSPS) is 45.0. The largest absolute Gasteiger partial charge is 0.392 e. The maximum atomic E-state index is 10.1. The van der Waals surface area contributed by atoms with Crippen LogP contribution < -0.4 is 0 Å². The average molecular weight is 579 g/mol. The highest BCUT2D eigenvalue weighted by atomic mass is 79.9. The van der Waals surface area contributed by atoms with Crippen LogP contribution in [0, 0.1) is 0 Å². The summed E-state index contributed by atoms with van der Waals surface area (Å²) in [4.78, 5) is 2.06. The van der Waals surface area contributed by atoms with E-state index in [0.29, 0.717) is 19.3 Å². The molecule has 0 radical (unpaired) electrons. The molecule has 0 saturated heterocycles. The van der Waals surface area contributed by atoms with Crippen molar-refractivity contribution in [3.63, 3.8) is 0 Å². The van der Waals surface area contributed by atoms with Crippen molar-refractivity contribution in [2.75, 3.05) is 0 Å². The summed E-state index contributed by atoms with van der Waals surface area (Å²) in [6.07, 6.45) is 5.98. The molecule has 1 N–H and O–H groups in total. The Morgan fingerprint density at radius 3 is 1.17 bits per heavy atom. The summed E-state index contributed by atoms with van der Waals surface area (Å²) < 4.78 is 0. The molecule has 6 atom stereocenters. The summed E-state index contributed by atoms with van der Waals surface area (Å²) in [6.45, 7) is 0. The second-order valence-corrected chi connectivity index (χ2v) is 10.8. The van der Waals surface area contributed by atoms with Crippen LogP contribution in [0.5, 0.6) is 0 Å². The van der Waals surface area contributed by atoms with E-state index in [2.05, 4.69) is 79.6 Å². The number of hydrogen-bond donors (Lipinski definition) is 1. The molecule has 0 aromatic carbocycles. The molecule has 1 nitrogen and oxygen atoms in total. The predicted molar refractivity (Wildman–Crippen MR) is 97.3 cm³/mol. The number of aliphatic hydroxyl groups excluding tert-OH is 1. The lowest BCUT2D eigenvalue weighted by atomic mass is 9.99. The first-order valence-corrected chi connectivity index (χ1v) is 10.9. The molecule has 0 aliphatic heterocycles. The molecule has 0 aromatic heterocycles. The van der Waals surface area contributed by atoms with Crippen LogP contribution >= 0.6 is 79.6 Å². The van der Waals surface area contributed by atoms with E-state index in [-0.39, 0.29) is 10.9 Å². The van der Waals surface area contributed by atoms with Crippen molar-refractivity contribution in [3.8, 4) is 0 Å². The molecule has 0 amide bonds. The first-order valence-electron chi connectivity index (χ1n) is 6.30. The van der Waals surface area contributed by atoms with Crippen LogP contribution in [0.25, 0.3) is 0 Å². The van der Waals surface area contributed by atoms with Crippen molar-refractivity contribution in [1.29, 1.82) is 0 Å². The SMILES string of the molecule is OC1CC[C@H](Br)[C@H](Br)CC[C@H](Br)[C@H](Br)CC[C@@H]1Br. The average Bonchev–Trinajstić information content (AvgIpc) is 2.36. The fourth-order valence-electron chi connectivity index (χ4n) is 2.06. The van der Waals surface area contributed by atoms with Gasteiger partial charge in [0.2, 0.25) is 0 Å². The third kappa shape index (κ3) is 6.42. The zero-order valence-electron chi connectivity index (χ0n) is 10.0. The van der Waals surface area contributed by atoms with Gasteiger partial charge in [0.25, 0.3) is 0 Å². The Bertz CT molecular complexity index is 178. The first kappa shape index (κ1) is 18.4. The van der Waals surface area contributed by atoms with E-state index in [9.17, 15) is 5.11 Å². The van der Waals surface area contributed by atoms with Gasteiger partial charge in [0.1, 0.15) is 0 Å². The van der Waals surface area contributed by atoms with Crippen molar-refractivity contribution < 1.29 is 5.11 Å². The lowest BCUT2D eigenvalue weighted by Crippen LogP contribution is -2.27. The van der Waals surface area contributed by atoms with E-state index in [1.165, 1.54) is 0 Å². The van der Waals surface area contributed by atoms with Crippen LogP contribution in [0.4, 0.5) is 0 Å². The fraction of sp³-hybridized carbons (Fsp3) is 1.00. The van der Waals surface area contributed by atoms with E-state index in [1.807, 2.05) is 0 Å². The molecule has 1 fully saturated rings. The van der Waals surface area contributed by atoms with Crippen molar-refractivity contribution in [1.82, 2.24) is 0 Å². The highest BCUT2D eigenvalue weighted by molar-refractivity contribution is 9.12. The molecule has 1 saturated carbocycles. The molecule has 1 aliphatic rings. The molecule has 0 bridgehead atoms. The summed E-state index contributed by atoms with van der Waals surface area (Å²) in [5, 5.41) is 10.1. The van der Waals surface area contributed by atoms with Gasteiger partial charge in [0.15, 0.2) is 0 Å². The van der Waals surface area contributed by atoms with Crippen LogP contribution in [0.3, 0.4) is 0 Å². The summed E-state index contributed by atoms with van der Waals surface area (Å²) in [5.74, 6) is 0. The Kier molecular flexibility index (Phi) is 9.61. The quantitative estimate of drug-likeness (QED) is 0.376. The molecule has 0 heterocycles. The summed E-state index contributed by atoms with van der Waals surface area (Å²) in [6, 6.07) is 0. The Balaban J connectivity index is 2.61. The minimum Gasteiger partial charge on any atom is -0.392 e. The molecular formula is C12H19Br5O. The monoisotopic (exact) mass is 574 g/mol. The van der Waals surface area contributed by atoms with Crippen LogP contribution in [-0.2, 0) is 0 Å². The molecule has 1 aliphatic carbocycles. The van der Waals surface area contributed by atoms with E-state index >= 15 is 0 Å². The van der Waals surface area contributed by atoms with Gasteiger partial charge >= 0.3 is 0 Å². The second kappa shape index (κ2) is 9.39. The van der Waals surface area contributed by atoms with Gasteiger partial charge in [-0.05, 0) is 38.5 Å². The third-order valence-electron chi connectivity index (χ3n) is 3.38. The lowest BCUT2D eigenvalue weighted by Gasteiger charge is -2.26. The number of aliphatic hydroxyl groups is 1. The van der Waals surface area contributed by atoms with Crippen LogP contribution in [0.1, 0.15) is 38.5 Å². The van der Waals surface area contributed by atoms with Crippen molar-refractivity contribution in [3.05, 3.63) is 0 Å². The van der Waals surface area contributed by atoms with Gasteiger partial charge in [-0.25, -0.2) is 0 Å². The van der Waals surface area contributed by atoms with Crippen LogP contribution in [0.15, 0.2) is 0 Å². The minimum atomic E-state index is -0.252. The van der Waals surface area contributed by atoms with Gasteiger partial charge in [-0.3, -0.25) is 0 Å². The van der Waals surface area contributed by atoms with Crippen molar-refractivity contribution in [2.45, 2.75) is 68.8 Å². The van der Waals surface area contributed by atoms with E-state index in [4.69, 9.17) is 0 Å². The molecule has 18 heavy (non-hydrogen) atoms. The van der Waals surface area contributed by atoms with Gasteiger partial charge in [-0.15, -0.1) is 0 Å². The van der Waals surface area contributed by atoms with E-state index in [0.717, 1.165) is 38.5 Å². The maximum Gasteiger partial charge on any atom is 0.0665 e. The van der Waals surface area contributed by atoms with Crippen LogP contribution in [-0.4, -0.2) is 35.3 Å². The zero-order chi connectivity index (χ0) is 13.7. The second-order valence-electron chi connectivity index (χ2n) is 4.88. The molecule has 1 rings (SSSR count). The highest BCUT2D eigenvalue weighted by Gasteiger charge is 2.25. The Labute approximate surface area is 152 Å². The van der Waals surface area contributed by atoms with Gasteiger partial charge < -0.3 is 5.11 Å². The lowest BCUT2D eigenvalue weighted by molar-refractivity contribution is 0.156. The molecular weight excluding hydrogens is 560 g/mol. The predicted octanol–water partition coefficient (Wildman–Crippen LogP) is 5.52. The highest BCUT2D eigenvalue weighted by Crippen LogP contribution is 2.32. The standard InChI is InChI=1S/C12H19Br5O/c13-7-1-2-8(14)10(16)5-6-12(18)11(17)4-3-9(7)15/h7-12,18H,1-6H2/t7-,8+,9+,10-,11-,12?/m0/s1. The van der Waals surface area contributed by atoms with Crippen molar-refractivity contribution >= 4 is 79.6 Å². The fourth-order valence-corrected chi connectivity index (χ4v) is 4.71. The molecule has 0 spiro atoms. The minimum absolute atomic E-state index is 0.199. The van der Waals surface area contributed by atoms with E-state index < -0.39 is 0 Å². The molecule has 0 aromatic rings. The molecule has 6 heteroatoms. The van der Waals surface area contributed by atoms with Gasteiger partial charge in [0.05, 0.1) is 6.10 Å². The molecule has 1 unspecified atom stereocenters. The van der Waals surface area contributed by atoms with Gasteiger partial charge in [-0.1, -0.05) is 79.6 Å². The van der Waals surface area contributed by atoms with Gasteiger partial charge in [0, 0.05) is 24.1 Å². The zero-order valence-corrected chi connectivity index (χ0v) is 18.0. The van der Waals surface area contributed by atoms with Crippen LogP contribution in [0.2, 0.25) is 0 Å². The number of halogens is 5.